The topological polar surface area (TPSA) is 0 Å². The van der Waals surface area contributed by atoms with Crippen molar-refractivity contribution in [3.8, 4) is 0 Å². The Kier molecular flexibility index (Phi) is 5.97. The Balaban J connectivity index is 1.80. The maximum absolute atomic E-state index is 2.48. The van der Waals surface area contributed by atoms with E-state index in [-0.39, 0.29) is 4.09 Å². The summed E-state index contributed by atoms with van der Waals surface area (Å²) in [5.41, 5.74) is 7.38. The van der Waals surface area contributed by atoms with Gasteiger partial charge in [0.15, 0.2) is 0 Å². The van der Waals surface area contributed by atoms with Crippen LogP contribution >= 0.6 is 7.92 Å². The molecule has 1 aliphatic carbocycles. The van der Waals surface area contributed by atoms with Gasteiger partial charge in [-0.3, -0.25) is 0 Å². The molecule has 32 heavy (non-hydrogen) atoms. The van der Waals surface area contributed by atoms with Crippen LogP contribution in [-0.2, 0) is 4.09 Å². The van der Waals surface area contributed by atoms with E-state index >= 15 is 0 Å². The van der Waals surface area contributed by atoms with Crippen LogP contribution in [0.4, 0.5) is 0 Å². The van der Waals surface area contributed by atoms with Gasteiger partial charge in [-0.1, -0.05) is 0 Å². The minimum absolute atomic E-state index is 0.0931. The number of hydrogen-bond acceptors (Lipinski definition) is 0. The number of hydrogen-bond donors (Lipinski definition) is 0. The molecule has 0 saturated heterocycles. The van der Waals surface area contributed by atoms with Crippen LogP contribution in [0.3, 0.4) is 0 Å². The predicted molar refractivity (Wildman–Crippen MR) is 141 cm³/mol. The summed E-state index contributed by atoms with van der Waals surface area (Å²) >= 11 is 2.46. The normalized spacial score (nSPS) is 18.0. The van der Waals surface area contributed by atoms with E-state index in [0.717, 1.165) is 0 Å². The standard InChI is InChI=1S/C30H26P.Li/c1-22-18-19-23(2)29-27(22)20-21-28(29)30(24-12-6-3-7-13-24)31(25-14-8-4-9-15-25)26-16-10-5-11-17-26;/h3-21,30H,1-2H3;. The molecule has 0 heterocycles. The summed E-state index contributed by atoms with van der Waals surface area (Å²) in [6.07, 6.45) is 4.85. The molecule has 2 atom stereocenters. The SMILES string of the molecule is [Li][C]1(C(c2ccccc2)P(c2ccccc2)c2ccccc2)C=Cc2c(C)ccc(C)c21. The summed E-state index contributed by atoms with van der Waals surface area (Å²) in [7, 11) is -0.648. The Bertz CT molecular complexity index is 1210. The molecule has 0 nitrogen and oxygen atoms in total. The molecule has 0 spiro atoms. The molecule has 1 aliphatic rings. The van der Waals surface area contributed by atoms with Gasteiger partial charge in [0.05, 0.1) is 0 Å². The third kappa shape index (κ3) is 3.72. The van der Waals surface area contributed by atoms with Gasteiger partial charge in [0, 0.05) is 0 Å². The third-order valence-corrected chi connectivity index (χ3v) is 9.88. The first-order chi connectivity index (χ1) is 15.6. The fourth-order valence-electron chi connectivity index (χ4n) is 5.35. The summed E-state index contributed by atoms with van der Waals surface area (Å²) in [6.45, 7) is 4.52. The molecular weight excluding hydrogens is 398 g/mol. The Morgan fingerprint density at radius 1 is 0.656 bits per heavy atom. The van der Waals surface area contributed by atoms with Gasteiger partial charge in [-0.05, 0) is 0 Å². The zero-order valence-corrected chi connectivity index (χ0v) is 19.9. The van der Waals surface area contributed by atoms with Crippen LogP contribution in [0.1, 0.15) is 33.5 Å². The van der Waals surface area contributed by atoms with Crippen molar-refractivity contribution in [1.29, 1.82) is 0 Å². The average Bonchev–Trinajstić information content (AvgIpc) is 3.20. The van der Waals surface area contributed by atoms with Gasteiger partial charge in [0.2, 0.25) is 0 Å². The van der Waals surface area contributed by atoms with Gasteiger partial charge < -0.3 is 0 Å². The zero-order valence-electron chi connectivity index (χ0n) is 19.0. The molecule has 2 heteroatoms. The van der Waals surface area contributed by atoms with E-state index in [1.807, 2.05) is 0 Å². The molecule has 0 N–H and O–H groups in total. The number of aryl methyl sites for hydroxylation is 2. The fourth-order valence-corrected chi connectivity index (χ4v) is 8.46. The maximum atomic E-state index is 2.48. The Labute approximate surface area is 202 Å². The number of rotatable bonds is 5. The van der Waals surface area contributed by atoms with Crippen LogP contribution in [0.5, 0.6) is 0 Å². The van der Waals surface area contributed by atoms with Crippen LogP contribution < -0.4 is 10.6 Å². The average molecular weight is 424 g/mol. The van der Waals surface area contributed by atoms with E-state index in [0.29, 0.717) is 5.66 Å². The second kappa shape index (κ2) is 8.88. The van der Waals surface area contributed by atoms with Crippen molar-refractivity contribution in [2.75, 3.05) is 0 Å². The first-order valence-electron chi connectivity index (χ1n) is 11.3. The van der Waals surface area contributed by atoms with Gasteiger partial charge in [0.25, 0.3) is 0 Å². The third-order valence-electron chi connectivity index (χ3n) is 6.82. The first-order valence-corrected chi connectivity index (χ1v) is 12.7. The van der Waals surface area contributed by atoms with Crippen molar-refractivity contribution in [1.82, 2.24) is 0 Å². The first kappa shape index (κ1) is 21.5. The molecule has 4 aromatic rings. The van der Waals surface area contributed by atoms with Crippen molar-refractivity contribution in [2.24, 2.45) is 0 Å². The van der Waals surface area contributed by atoms with Gasteiger partial charge >= 0.3 is 203 Å². The quantitative estimate of drug-likeness (QED) is 0.251. The van der Waals surface area contributed by atoms with E-state index < -0.39 is 7.92 Å². The molecule has 0 amide bonds. The summed E-state index contributed by atoms with van der Waals surface area (Å²) in [5, 5.41) is 2.85. The van der Waals surface area contributed by atoms with E-state index in [1.165, 1.54) is 38.4 Å². The van der Waals surface area contributed by atoms with Gasteiger partial charge in [-0.25, -0.2) is 0 Å². The molecular formula is C30H26LiP. The summed E-state index contributed by atoms with van der Waals surface area (Å²) in [4.78, 5) is 0. The molecule has 152 valence electrons. The predicted octanol–water partition coefficient (Wildman–Crippen LogP) is 6.57. The summed E-state index contributed by atoms with van der Waals surface area (Å²) < 4.78 is -0.0931. The van der Waals surface area contributed by atoms with Crippen molar-refractivity contribution >= 4 is 42.3 Å². The zero-order chi connectivity index (χ0) is 22.1. The second-order valence-electron chi connectivity index (χ2n) is 8.96. The van der Waals surface area contributed by atoms with Gasteiger partial charge in [-0.15, -0.1) is 0 Å². The van der Waals surface area contributed by atoms with Crippen molar-refractivity contribution < 1.29 is 0 Å². The monoisotopic (exact) mass is 424 g/mol. The number of fused-ring (bicyclic) bond motifs is 1. The molecule has 0 bridgehead atoms. The Morgan fingerprint density at radius 2 is 1.16 bits per heavy atom. The van der Waals surface area contributed by atoms with Crippen LogP contribution in [0.15, 0.2) is 109 Å². The van der Waals surface area contributed by atoms with E-state index in [9.17, 15) is 0 Å². The molecule has 2 unspecified atom stereocenters. The fraction of sp³-hybridized carbons (Fsp3) is 0.133. The van der Waals surface area contributed by atoms with Crippen LogP contribution in [-0.4, -0.2) is 17.7 Å². The van der Waals surface area contributed by atoms with Gasteiger partial charge in [-0.2, -0.15) is 0 Å². The van der Waals surface area contributed by atoms with Crippen molar-refractivity contribution in [3.05, 3.63) is 137 Å². The minimum atomic E-state index is -0.648. The molecule has 4 aromatic carbocycles. The summed E-state index contributed by atoms with van der Waals surface area (Å²) in [5.74, 6) is 0. The molecule has 0 fully saturated rings. The van der Waals surface area contributed by atoms with Crippen molar-refractivity contribution in [2.45, 2.75) is 23.6 Å². The summed E-state index contributed by atoms with van der Waals surface area (Å²) in [6, 6.07) is 38.0. The van der Waals surface area contributed by atoms with Crippen molar-refractivity contribution in [3.63, 3.8) is 0 Å². The molecule has 0 saturated carbocycles. The second-order valence-corrected chi connectivity index (χ2v) is 11.2. The molecule has 0 radical (unpaired) electrons. The number of benzene rings is 4. The van der Waals surface area contributed by atoms with Crippen LogP contribution in [0, 0.1) is 13.8 Å². The molecule has 5 rings (SSSR count). The molecule has 0 aliphatic heterocycles. The van der Waals surface area contributed by atoms with E-state index in [4.69, 9.17) is 0 Å². The number of allylic oxidation sites excluding steroid dienone is 1. The Hall–Kier alpha value is -2.35. The van der Waals surface area contributed by atoms with E-state index in [2.05, 4.69) is 147 Å². The Morgan fingerprint density at radius 3 is 1.72 bits per heavy atom. The van der Waals surface area contributed by atoms with E-state index in [1.54, 1.807) is 0 Å². The van der Waals surface area contributed by atoms with Gasteiger partial charge in [0.1, 0.15) is 0 Å². The molecule has 0 aromatic heterocycles. The van der Waals surface area contributed by atoms with Crippen LogP contribution in [0.25, 0.3) is 6.08 Å². The van der Waals surface area contributed by atoms with Crippen LogP contribution in [0.2, 0.25) is 0 Å².